The van der Waals surface area contributed by atoms with E-state index in [4.69, 9.17) is 5.11 Å². The Labute approximate surface area is 124 Å². The molecule has 1 saturated heterocycles. The molecule has 1 heterocycles. The van der Waals surface area contributed by atoms with E-state index in [1.54, 1.807) is 0 Å². The number of hydrogen-bond acceptors (Lipinski definition) is 3. The fourth-order valence-electron chi connectivity index (χ4n) is 4.27. The predicted molar refractivity (Wildman–Crippen MR) is 81.1 cm³/mol. The summed E-state index contributed by atoms with van der Waals surface area (Å²) in [5.74, 6) is 1.70. The number of aliphatic hydroxyl groups is 1. The number of piperidine rings is 1. The Morgan fingerprint density at radius 3 is 2.75 bits per heavy atom. The molecule has 0 spiro atoms. The van der Waals surface area contributed by atoms with E-state index < -0.39 is 0 Å². The third-order valence-corrected chi connectivity index (χ3v) is 5.34. The first kappa shape index (κ1) is 15.8. The zero-order valence-corrected chi connectivity index (χ0v) is 12.9. The van der Waals surface area contributed by atoms with Crippen molar-refractivity contribution in [2.45, 2.75) is 64.3 Å². The summed E-state index contributed by atoms with van der Waals surface area (Å²) in [6, 6.07) is 3.05. The summed E-state index contributed by atoms with van der Waals surface area (Å²) in [7, 11) is 0. The molecule has 2 rings (SSSR count). The topological polar surface area (TPSA) is 47.3 Å². The van der Waals surface area contributed by atoms with Crippen molar-refractivity contribution >= 4 is 0 Å². The van der Waals surface area contributed by atoms with Crippen LogP contribution in [0.4, 0.5) is 0 Å². The van der Waals surface area contributed by atoms with Crippen molar-refractivity contribution < 1.29 is 5.11 Å². The Morgan fingerprint density at radius 2 is 2.05 bits per heavy atom. The van der Waals surface area contributed by atoms with Crippen LogP contribution in [-0.2, 0) is 0 Å². The second-order valence-electron chi connectivity index (χ2n) is 6.79. The predicted octanol–water partition coefficient (Wildman–Crippen LogP) is 3.19. The van der Waals surface area contributed by atoms with Crippen LogP contribution >= 0.6 is 0 Å². The first-order valence-corrected chi connectivity index (χ1v) is 8.53. The summed E-state index contributed by atoms with van der Waals surface area (Å²) in [6.45, 7) is 4.83. The maximum Gasteiger partial charge on any atom is 0.0672 e. The van der Waals surface area contributed by atoms with Crippen LogP contribution in [0.5, 0.6) is 0 Å². The van der Waals surface area contributed by atoms with Crippen molar-refractivity contribution in [2.75, 3.05) is 19.7 Å². The van der Waals surface area contributed by atoms with Gasteiger partial charge in [-0.25, -0.2) is 0 Å². The lowest BCUT2D eigenvalue weighted by molar-refractivity contribution is 0.0528. The molecule has 1 saturated carbocycles. The van der Waals surface area contributed by atoms with Crippen LogP contribution in [0.1, 0.15) is 58.3 Å². The van der Waals surface area contributed by atoms with Crippen molar-refractivity contribution in [3.05, 3.63) is 0 Å². The molecule has 3 nitrogen and oxygen atoms in total. The largest absolute Gasteiger partial charge is 0.396 e. The van der Waals surface area contributed by atoms with Gasteiger partial charge in [0.1, 0.15) is 0 Å². The minimum absolute atomic E-state index is 0.232. The molecule has 4 unspecified atom stereocenters. The first-order chi connectivity index (χ1) is 9.78. The van der Waals surface area contributed by atoms with Crippen molar-refractivity contribution in [1.29, 1.82) is 5.26 Å². The lowest BCUT2D eigenvalue weighted by atomic mass is 9.75. The van der Waals surface area contributed by atoms with Crippen molar-refractivity contribution in [2.24, 2.45) is 17.8 Å². The highest BCUT2D eigenvalue weighted by Gasteiger charge is 2.36. The average Bonchev–Trinajstić information content (AvgIpc) is 2.48. The molecule has 0 radical (unpaired) electrons. The highest BCUT2D eigenvalue weighted by atomic mass is 16.3. The van der Waals surface area contributed by atoms with Crippen LogP contribution < -0.4 is 0 Å². The molecule has 0 aromatic heterocycles. The van der Waals surface area contributed by atoms with Crippen LogP contribution in [0.2, 0.25) is 0 Å². The minimum atomic E-state index is 0.232. The van der Waals surface area contributed by atoms with Crippen molar-refractivity contribution in [1.82, 2.24) is 4.90 Å². The SMILES string of the molecule is CCCC1CCC(C#N)C(N2CCCC(CCO)C2)C1. The van der Waals surface area contributed by atoms with E-state index in [1.807, 2.05) is 0 Å². The van der Waals surface area contributed by atoms with Crippen LogP contribution in [0, 0.1) is 29.1 Å². The summed E-state index contributed by atoms with van der Waals surface area (Å²) in [6.07, 6.45) is 9.56. The number of rotatable bonds is 5. The number of nitrogens with zero attached hydrogens (tertiary/aromatic N) is 2. The number of likely N-dealkylation sites (tertiary alicyclic amines) is 1. The molecule has 1 aliphatic carbocycles. The third-order valence-electron chi connectivity index (χ3n) is 5.34. The second-order valence-corrected chi connectivity index (χ2v) is 6.79. The molecule has 4 atom stereocenters. The summed E-state index contributed by atoms with van der Waals surface area (Å²) >= 11 is 0. The Morgan fingerprint density at radius 1 is 1.20 bits per heavy atom. The fourth-order valence-corrected chi connectivity index (χ4v) is 4.27. The van der Waals surface area contributed by atoms with Gasteiger partial charge in [-0.1, -0.05) is 19.8 Å². The molecule has 2 aliphatic rings. The van der Waals surface area contributed by atoms with Crippen molar-refractivity contribution in [3.63, 3.8) is 0 Å². The molecule has 0 amide bonds. The Bertz CT molecular complexity index is 323. The third kappa shape index (κ3) is 3.96. The second kappa shape index (κ2) is 8.00. The summed E-state index contributed by atoms with van der Waals surface area (Å²) in [5.41, 5.74) is 0. The first-order valence-electron chi connectivity index (χ1n) is 8.53. The molecule has 0 bridgehead atoms. The van der Waals surface area contributed by atoms with Crippen molar-refractivity contribution in [3.8, 4) is 6.07 Å². The molecular formula is C17H30N2O. The highest BCUT2D eigenvalue weighted by Crippen LogP contribution is 2.36. The average molecular weight is 278 g/mol. The molecule has 1 aliphatic heterocycles. The van der Waals surface area contributed by atoms with Crippen LogP contribution in [0.25, 0.3) is 0 Å². The zero-order valence-electron chi connectivity index (χ0n) is 12.9. The summed E-state index contributed by atoms with van der Waals surface area (Å²) in [5, 5.41) is 18.6. The molecule has 2 fully saturated rings. The molecule has 20 heavy (non-hydrogen) atoms. The monoisotopic (exact) mass is 278 g/mol. The van der Waals surface area contributed by atoms with Gasteiger partial charge in [-0.2, -0.15) is 5.26 Å². The van der Waals surface area contributed by atoms with Gasteiger partial charge in [-0.15, -0.1) is 0 Å². The molecule has 3 heteroatoms. The minimum Gasteiger partial charge on any atom is -0.396 e. The highest BCUT2D eigenvalue weighted by molar-refractivity contribution is 4.98. The van der Waals surface area contributed by atoms with E-state index in [9.17, 15) is 5.26 Å². The van der Waals surface area contributed by atoms with E-state index in [1.165, 1.54) is 38.5 Å². The van der Waals surface area contributed by atoms with E-state index >= 15 is 0 Å². The number of hydrogen-bond donors (Lipinski definition) is 1. The summed E-state index contributed by atoms with van der Waals surface area (Å²) < 4.78 is 0. The lowest BCUT2D eigenvalue weighted by Crippen LogP contribution is -2.48. The molecule has 0 aromatic rings. The maximum absolute atomic E-state index is 9.46. The fraction of sp³-hybridized carbons (Fsp3) is 0.941. The molecular weight excluding hydrogens is 248 g/mol. The van der Waals surface area contributed by atoms with Gasteiger partial charge in [0.25, 0.3) is 0 Å². The smallest absolute Gasteiger partial charge is 0.0672 e. The number of aliphatic hydroxyl groups excluding tert-OH is 1. The van der Waals surface area contributed by atoms with Crippen LogP contribution in [-0.4, -0.2) is 35.7 Å². The summed E-state index contributed by atoms with van der Waals surface area (Å²) in [4.78, 5) is 2.58. The van der Waals surface area contributed by atoms with E-state index in [0.717, 1.165) is 31.8 Å². The standard InChI is InChI=1S/C17H30N2O/c1-2-4-14-6-7-16(12-18)17(11-14)19-9-3-5-15(13-19)8-10-20/h14-17,20H,2-11,13H2,1H3. The van der Waals surface area contributed by atoms with Crippen LogP contribution in [0.15, 0.2) is 0 Å². The van der Waals surface area contributed by atoms with E-state index in [-0.39, 0.29) is 5.92 Å². The van der Waals surface area contributed by atoms with Gasteiger partial charge in [-0.3, -0.25) is 4.90 Å². The van der Waals surface area contributed by atoms with E-state index in [0.29, 0.717) is 18.6 Å². The number of nitriles is 1. The molecule has 114 valence electrons. The zero-order chi connectivity index (χ0) is 14.4. The Hall–Kier alpha value is -0.590. The normalized spacial score (nSPS) is 35.6. The van der Waals surface area contributed by atoms with Gasteiger partial charge in [0.2, 0.25) is 0 Å². The lowest BCUT2D eigenvalue weighted by Gasteiger charge is -2.44. The quantitative estimate of drug-likeness (QED) is 0.840. The Kier molecular flexibility index (Phi) is 6.32. The Balaban J connectivity index is 1.97. The van der Waals surface area contributed by atoms with Crippen LogP contribution in [0.3, 0.4) is 0 Å². The molecule has 0 aromatic carbocycles. The van der Waals surface area contributed by atoms with Gasteiger partial charge in [0.05, 0.1) is 12.0 Å². The maximum atomic E-state index is 9.46. The van der Waals surface area contributed by atoms with Gasteiger partial charge in [-0.05, 0) is 56.9 Å². The van der Waals surface area contributed by atoms with Gasteiger partial charge in [0.15, 0.2) is 0 Å². The van der Waals surface area contributed by atoms with Gasteiger partial charge in [0, 0.05) is 19.2 Å². The van der Waals surface area contributed by atoms with Gasteiger partial charge < -0.3 is 5.11 Å². The van der Waals surface area contributed by atoms with E-state index in [2.05, 4.69) is 17.9 Å². The van der Waals surface area contributed by atoms with Gasteiger partial charge >= 0.3 is 0 Å². The molecule has 1 N–H and O–H groups in total.